The Bertz CT molecular complexity index is 778. The van der Waals surface area contributed by atoms with Crippen molar-refractivity contribution in [2.45, 2.75) is 33.1 Å². The van der Waals surface area contributed by atoms with Gasteiger partial charge < -0.3 is 9.80 Å². The van der Waals surface area contributed by atoms with Crippen LogP contribution in [0, 0.1) is 18.7 Å². The molecule has 1 saturated heterocycles. The molecule has 1 aliphatic rings. The van der Waals surface area contributed by atoms with Crippen molar-refractivity contribution >= 4 is 5.91 Å². The predicted octanol–water partition coefficient (Wildman–Crippen LogP) is 3.95. The Hall–Kier alpha value is -2.27. The Kier molecular flexibility index (Phi) is 7.15. The van der Waals surface area contributed by atoms with Crippen LogP contribution in [0.4, 0.5) is 4.39 Å². The van der Waals surface area contributed by atoms with E-state index in [4.69, 9.17) is 0 Å². The molecule has 0 bridgehead atoms. The quantitative estimate of drug-likeness (QED) is 0.726. The number of rotatable bonds is 7. The highest BCUT2D eigenvalue weighted by Gasteiger charge is 2.24. The van der Waals surface area contributed by atoms with Gasteiger partial charge in [0.05, 0.1) is 5.56 Å². The molecule has 0 saturated carbocycles. The fourth-order valence-electron chi connectivity index (χ4n) is 3.93. The highest BCUT2D eigenvalue weighted by atomic mass is 19.1. The molecule has 1 atom stereocenters. The van der Waals surface area contributed by atoms with Crippen molar-refractivity contribution in [3.8, 4) is 0 Å². The van der Waals surface area contributed by atoms with Crippen LogP contribution in [0.2, 0.25) is 0 Å². The number of hydrogen-bond acceptors (Lipinski definition) is 3. The molecule has 28 heavy (non-hydrogen) atoms. The van der Waals surface area contributed by atoms with Crippen LogP contribution >= 0.6 is 0 Å². The van der Waals surface area contributed by atoms with Crippen LogP contribution in [0.15, 0.2) is 42.6 Å². The number of aryl methyl sites for hydroxylation is 1. The number of carbonyl (C=O) groups excluding carboxylic acids is 1. The van der Waals surface area contributed by atoms with Gasteiger partial charge in [0, 0.05) is 38.1 Å². The second-order valence-electron chi connectivity index (χ2n) is 7.72. The number of piperidine rings is 1. The molecule has 0 aliphatic carbocycles. The third kappa shape index (κ3) is 5.61. The summed E-state index contributed by atoms with van der Waals surface area (Å²) >= 11 is 0. The van der Waals surface area contributed by atoms with Gasteiger partial charge in [-0.2, -0.15) is 0 Å². The van der Waals surface area contributed by atoms with Gasteiger partial charge in [0.25, 0.3) is 5.91 Å². The Morgan fingerprint density at radius 2 is 2.18 bits per heavy atom. The first-order chi connectivity index (χ1) is 13.5. The lowest BCUT2D eigenvalue weighted by molar-refractivity contribution is 0.0690. The molecular formula is C23H30FN3O. The molecule has 2 aromatic rings. The number of nitrogens with zero attached hydrogens (tertiary/aromatic N) is 3. The summed E-state index contributed by atoms with van der Waals surface area (Å²) < 4.78 is 13.4. The van der Waals surface area contributed by atoms with Crippen molar-refractivity contribution in [1.82, 2.24) is 14.8 Å². The fraction of sp³-hybridized carbons (Fsp3) is 0.478. The van der Waals surface area contributed by atoms with Gasteiger partial charge >= 0.3 is 0 Å². The number of halogens is 1. The van der Waals surface area contributed by atoms with Crippen molar-refractivity contribution in [1.29, 1.82) is 0 Å². The van der Waals surface area contributed by atoms with Gasteiger partial charge in [-0.05, 0) is 75.4 Å². The molecule has 2 heterocycles. The van der Waals surface area contributed by atoms with Crippen molar-refractivity contribution in [3.63, 3.8) is 0 Å². The van der Waals surface area contributed by atoms with Crippen LogP contribution in [-0.2, 0) is 6.42 Å². The number of likely N-dealkylation sites (tertiary alicyclic amines) is 1. The normalized spacial score (nSPS) is 17.5. The fourth-order valence-corrected chi connectivity index (χ4v) is 3.93. The van der Waals surface area contributed by atoms with Gasteiger partial charge in [-0.25, -0.2) is 4.39 Å². The molecule has 1 amide bonds. The average molecular weight is 384 g/mol. The van der Waals surface area contributed by atoms with Crippen molar-refractivity contribution in [2.24, 2.45) is 5.92 Å². The molecule has 1 aromatic heterocycles. The molecule has 150 valence electrons. The van der Waals surface area contributed by atoms with Gasteiger partial charge in [-0.15, -0.1) is 0 Å². The standard InChI is InChI=1S/C23H30FN3O/c1-3-27(23(28)21-10-9-18(2)25-15-21)17-20-7-5-12-26(16-20)13-11-19-6-4-8-22(24)14-19/h4,6,8-10,14-15,20H,3,5,7,11-13,16-17H2,1-2H3. The number of benzene rings is 1. The molecule has 0 N–H and O–H groups in total. The smallest absolute Gasteiger partial charge is 0.255 e. The third-order valence-corrected chi connectivity index (χ3v) is 5.51. The number of hydrogen-bond donors (Lipinski definition) is 0. The van der Waals surface area contributed by atoms with Crippen LogP contribution < -0.4 is 0 Å². The largest absolute Gasteiger partial charge is 0.339 e. The summed E-state index contributed by atoms with van der Waals surface area (Å²) in [5, 5.41) is 0. The van der Waals surface area contributed by atoms with Gasteiger partial charge in [-0.3, -0.25) is 9.78 Å². The Balaban J connectivity index is 1.54. The Labute approximate surface area is 167 Å². The van der Waals surface area contributed by atoms with E-state index < -0.39 is 0 Å². The van der Waals surface area contributed by atoms with Gasteiger partial charge in [0.1, 0.15) is 5.82 Å². The molecule has 1 fully saturated rings. The lowest BCUT2D eigenvalue weighted by atomic mass is 9.96. The second-order valence-corrected chi connectivity index (χ2v) is 7.72. The minimum atomic E-state index is -0.170. The van der Waals surface area contributed by atoms with E-state index in [2.05, 4.69) is 9.88 Å². The first-order valence-electron chi connectivity index (χ1n) is 10.2. The van der Waals surface area contributed by atoms with Crippen LogP contribution in [0.3, 0.4) is 0 Å². The maximum atomic E-state index is 13.4. The van der Waals surface area contributed by atoms with E-state index in [0.29, 0.717) is 18.0 Å². The zero-order chi connectivity index (χ0) is 19.9. The SMILES string of the molecule is CCN(CC1CCCN(CCc2cccc(F)c2)C1)C(=O)c1ccc(C)nc1. The van der Waals surface area contributed by atoms with Crippen LogP contribution in [0.5, 0.6) is 0 Å². The molecule has 0 radical (unpaired) electrons. The topological polar surface area (TPSA) is 36.4 Å². The summed E-state index contributed by atoms with van der Waals surface area (Å²) in [4.78, 5) is 21.5. The van der Waals surface area contributed by atoms with Crippen LogP contribution in [0.1, 0.15) is 41.4 Å². The zero-order valence-corrected chi connectivity index (χ0v) is 16.9. The summed E-state index contributed by atoms with van der Waals surface area (Å²) in [6.45, 7) is 8.43. The highest BCUT2D eigenvalue weighted by Crippen LogP contribution is 2.19. The lowest BCUT2D eigenvalue weighted by Crippen LogP contribution is -2.43. The third-order valence-electron chi connectivity index (χ3n) is 5.51. The number of pyridine rings is 1. The van der Waals surface area contributed by atoms with E-state index in [1.807, 2.05) is 36.9 Å². The summed E-state index contributed by atoms with van der Waals surface area (Å²) in [6, 6.07) is 10.6. The van der Waals surface area contributed by atoms with Crippen molar-refractivity contribution < 1.29 is 9.18 Å². The minimum Gasteiger partial charge on any atom is -0.339 e. The van der Waals surface area contributed by atoms with E-state index in [9.17, 15) is 9.18 Å². The molecule has 1 unspecified atom stereocenters. The van der Waals surface area contributed by atoms with Gasteiger partial charge in [0.15, 0.2) is 0 Å². The zero-order valence-electron chi connectivity index (χ0n) is 16.9. The lowest BCUT2D eigenvalue weighted by Gasteiger charge is -2.35. The Morgan fingerprint density at radius 3 is 2.89 bits per heavy atom. The molecule has 4 nitrogen and oxygen atoms in total. The summed E-state index contributed by atoms with van der Waals surface area (Å²) in [6.07, 6.45) is 4.82. The first-order valence-corrected chi connectivity index (χ1v) is 10.2. The maximum Gasteiger partial charge on any atom is 0.255 e. The molecule has 1 aromatic carbocycles. The van der Waals surface area contributed by atoms with Crippen molar-refractivity contribution in [3.05, 3.63) is 65.2 Å². The molecule has 5 heteroatoms. The monoisotopic (exact) mass is 383 g/mol. The van der Waals surface area contributed by atoms with Gasteiger partial charge in [-0.1, -0.05) is 12.1 Å². The van der Waals surface area contributed by atoms with Crippen LogP contribution in [-0.4, -0.2) is 53.4 Å². The molecule has 0 spiro atoms. The number of amides is 1. The minimum absolute atomic E-state index is 0.0619. The number of aromatic nitrogens is 1. The van der Waals surface area contributed by atoms with Crippen molar-refractivity contribution in [2.75, 3.05) is 32.7 Å². The van der Waals surface area contributed by atoms with E-state index in [-0.39, 0.29) is 11.7 Å². The second kappa shape index (κ2) is 9.78. The highest BCUT2D eigenvalue weighted by molar-refractivity contribution is 5.93. The summed E-state index contributed by atoms with van der Waals surface area (Å²) in [5.74, 6) is 0.368. The average Bonchev–Trinajstić information content (AvgIpc) is 2.71. The predicted molar refractivity (Wildman–Crippen MR) is 110 cm³/mol. The summed E-state index contributed by atoms with van der Waals surface area (Å²) in [7, 11) is 0. The first kappa shape index (κ1) is 20.5. The molecule has 1 aliphatic heterocycles. The number of carbonyl (C=O) groups is 1. The Morgan fingerprint density at radius 1 is 1.32 bits per heavy atom. The van der Waals surface area contributed by atoms with Gasteiger partial charge in [0.2, 0.25) is 0 Å². The summed E-state index contributed by atoms with van der Waals surface area (Å²) in [5.41, 5.74) is 2.62. The maximum absolute atomic E-state index is 13.4. The van der Waals surface area contributed by atoms with E-state index in [1.54, 1.807) is 18.3 Å². The van der Waals surface area contributed by atoms with E-state index >= 15 is 0 Å². The molecular weight excluding hydrogens is 353 g/mol. The van der Waals surface area contributed by atoms with E-state index in [1.165, 1.54) is 6.07 Å². The molecule has 3 rings (SSSR count). The van der Waals surface area contributed by atoms with Crippen LogP contribution in [0.25, 0.3) is 0 Å². The van der Waals surface area contributed by atoms with E-state index in [0.717, 1.165) is 56.7 Å².